The lowest BCUT2D eigenvalue weighted by Gasteiger charge is -2.18. The van der Waals surface area contributed by atoms with Crippen molar-refractivity contribution in [2.24, 2.45) is 5.92 Å². The minimum atomic E-state index is -0.318. The van der Waals surface area contributed by atoms with Crippen molar-refractivity contribution in [3.63, 3.8) is 0 Å². The number of aromatic nitrogens is 3. The topological polar surface area (TPSA) is 78.3 Å². The summed E-state index contributed by atoms with van der Waals surface area (Å²) >= 11 is 1.38. The summed E-state index contributed by atoms with van der Waals surface area (Å²) in [6.45, 7) is 11.0. The molecular weight excluding hydrogens is 436 g/mol. The van der Waals surface area contributed by atoms with Gasteiger partial charge in [-0.05, 0) is 56.0 Å². The van der Waals surface area contributed by atoms with Crippen LogP contribution in [0.3, 0.4) is 0 Å². The highest BCUT2D eigenvalue weighted by atomic mass is 32.2. The van der Waals surface area contributed by atoms with Crippen LogP contribution in [0.15, 0.2) is 47.6 Å². The molecule has 1 N–H and O–H groups in total. The second-order valence-electron chi connectivity index (χ2n) is 8.37. The number of carbonyl (C=O) groups is 1. The Bertz CT molecular complexity index is 1100. The fourth-order valence-corrected chi connectivity index (χ4v) is 4.13. The van der Waals surface area contributed by atoms with E-state index in [1.807, 2.05) is 67.8 Å². The Morgan fingerprint density at radius 3 is 2.55 bits per heavy atom. The first-order valence-electron chi connectivity index (χ1n) is 11.0. The lowest BCUT2D eigenvalue weighted by molar-refractivity contribution is -0.113. The van der Waals surface area contributed by atoms with E-state index >= 15 is 0 Å². The second-order valence-corrected chi connectivity index (χ2v) is 9.31. The lowest BCUT2D eigenvalue weighted by Crippen LogP contribution is -2.17. The minimum absolute atomic E-state index is 0.0741. The molecule has 0 spiro atoms. The number of ether oxygens (including phenoxy) is 2. The largest absolute Gasteiger partial charge is 0.497 e. The first-order valence-corrected chi connectivity index (χ1v) is 12.0. The number of aryl methyl sites for hydroxylation is 1. The molecule has 0 fully saturated rings. The number of rotatable bonds is 10. The van der Waals surface area contributed by atoms with Gasteiger partial charge in [-0.15, -0.1) is 10.2 Å². The van der Waals surface area contributed by atoms with Crippen molar-refractivity contribution in [3.8, 4) is 11.5 Å². The van der Waals surface area contributed by atoms with E-state index in [9.17, 15) is 4.79 Å². The molecule has 0 saturated carbocycles. The van der Waals surface area contributed by atoms with Gasteiger partial charge in [0.25, 0.3) is 0 Å². The molecule has 0 aliphatic heterocycles. The van der Waals surface area contributed by atoms with Crippen LogP contribution in [-0.4, -0.2) is 33.5 Å². The van der Waals surface area contributed by atoms with Gasteiger partial charge in [0.1, 0.15) is 11.5 Å². The van der Waals surface area contributed by atoms with E-state index in [1.54, 1.807) is 7.11 Å². The minimum Gasteiger partial charge on any atom is -0.497 e. The molecule has 7 nitrogen and oxygen atoms in total. The molecule has 8 heteroatoms. The third-order valence-electron chi connectivity index (χ3n) is 5.22. The van der Waals surface area contributed by atoms with Gasteiger partial charge in [0.05, 0.1) is 12.9 Å². The number of benzene rings is 2. The number of amides is 1. The molecule has 1 aromatic heterocycles. The highest BCUT2D eigenvalue weighted by Gasteiger charge is 2.21. The molecule has 1 amide bonds. The van der Waals surface area contributed by atoms with Gasteiger partial charge in [-0.2, -0.15) is 0 Å². The van der Waals surface area contributed by atoms with Crippen molar-refractivity contribution in [1.82, 2.24) is 14.8 Å². The van der Waals surface area contributed by atoms with Crippen molar-refractivity contribution >= 4 is 23.4 Å². The molecule has 1 heterocycles. The smallest absolute Gasteiger partial charge is 0.234 e. The molecule has 0 saturated heterocycles. The lowest BCUT2D eigenvalue weighted by atomic mass is 10.1. The summed E-state index contributed by atoms with van der Waals surface area (Å²) in [4.78, 5) is 12.6. The molecular formula is C25H32N4O3S. The van der Waals surface area contributed by atoms with Crippen LogP contribution in [0.1, 0.15) is 43.8 Å². The van der Waals surface area contributed by atoms with E-state index in [4.69, 9.17) is 9.47 Å². The Balaban J connectivity index is 1.71. The summed E-state index contributed by atoms with van der Waals surface area (Å²) in [7, 11) is 1.63. The Labute approximate surface area is 199 Å². The summed E-state index contributed by atoms with van der Waals surface area (Å²) < 4.78 is 13.4. The summed E-state index contributed by atoms with van der Waals surface area (Å²) in [5.74, 6) is 2.71. The first kappa shape index (κ1) is 24.6. The predicted octanol–water partition coefficient (Wildman–Crippen LogP) is 5.43. The van der Waals surface area contributed by atoms with Gasteiger partial charge in [0, 0.05) is 18.3 Å². The number of methoxy groups -OCH3 is 1. The van der Waals surface area contributed by atoms with Gasteiger partial charge in [-0.25, -0.2) is 0 Å². The Morgan fingerprint density at radius 2 is 1.82 bits per heavy atom. The fourth-order valence-electron chi connectivity index (χ4n) is 3.38. The van der Waals surface area contributed by atoms with Gasteiger partial charge >= 0.3 is 0 Å². The second kappa shape index (κ2) is 11.2. The van der Waals surface area contributed by atoms with Crippen LogP contribution in [-0.2, 0) is 11.3 Å². The monoisotopic (exact) mass is 468 g/mol. The number of carbonyl (C=O) groups excluding carboxylic acids is 1. The zero-order chi connectivity index (χ0) is 24.0. The highest BCUT2D eigenvalue weighted by Crippen LogP contribution is 2.27. The van der Waals surface area contributed by atoms with Crippen molar-refractivity contribution in [1.29, 1.82) is 0 Å². The molecule has 33 heavy (non-hydrogen) atoms. The summed E-state index contributed by atoms with van der Waals surface area (Å²) in [6.07, 6.45) is -0.318. The highest BCUT2D eigenvalue weighted by molar-refractivity contribution is 7.99. The molecule has 1 atom stereocenters. The third kappa shape index (κ3) is 6.51. The van der Waals surface area contributed by atoms with Crippen LogP contribution >= 0.6 is 11.8 Å². The summed E-state index contributed by atoms with van der Waals surface area (Å²) in [5, 5.41) is 12.5. The van der Waals surface area contributed by atoms with Crippen LogP contribution < -0.4 is 14.8 Å². The normalized spacial score (nSPS) is 12.0. The number of hydrogen-bond acceptors (Lipinski definition) is 6. The van der Waals surface area contributed by atoms with Crippen LogP contribution in [0.5, 0.6) is 11.5 Å². The first-order chi connectivity index (χ1) is 15.8. The maximum Gasteiger partial charge on any atom is 0.234 e. The van der Waals surface area contributed by atoms with Crippen molar-refractivity contribution in [3.05, 3.63) is 59.4 Å². The number of hydrogen-bond donors (Lipinski definition) is 1. The van der Waals surface area contributed by atoms with Gasteiger partial charge in [0.15, 0.2) is 17.1 Å². The van der Waals surface area contributed by atoms with E-state index in [-0.39, 0.29) is 17.8 Å². The zero-order valence-electron chi connectivity index (χ0n) is 20.1. The Kier molecular flexibility index (Phi) is 8.38. The van der Waals surface area contributed by atoms with Gasteiger partial charge in [-0.3, -0.25) is 4.79 Å². The summed E-state index contributed by atoms with van der Waals surface area (Å²) in [5.41, 5.74) is 3.06. The quantitative estimate of drug-likeness (QED) is 0.400. The third-order valence-corrected chi connectivity index (χ3v) is 6.19. The molecule has 3 aromatic rings. The number of nitrogens with one attached hydrogen (secondary N) is 1. The van der Waals surface area contributed by atoms with Crippen LogP contribution in [0.25, 0.3) is 0 Å². The van der Waals surface area contributed by atoms with Gasteiger partial charge < -0.3 is 19.4 Å². The van der Waals surface area contributed by atoms with E-state index in [0.29, 0.717) is 16.8 Å². The number of nitrogens with zero attached hydrogens (tertiary/aromatic N) is 3. The molecule has 0 aliphatic carbocycles. The molecule has 176 valence electrons. The van der Waals surface area contributed by atoms with E-state index in [2.05, 4.69) is 29.4 Å². The average molecular weight is 469 g/mol. The van der Waals surface area contributed by atoms with Gasteiger partial charge in [-0.1, -0.05) is 43.8 Å². The fraction of sp³-hybridized carbons (Fsp3) is 0.400. The maximum absolute atomic E-state index is 12.6. The Morgan fingerprint density at radius 1 is 1.09 bits per heavy atom. The van der Waals surface area contributed by atoms with Crippen LogP contribution in [0, 0.1) is 19.8 Å². The predicted molar refractivity (Wildman–Crippen MR) is 132 cm³/mol. The maximum atomic E-state index is 12.6. The van der Waals surface area contributed by atoms with E-state index < -0.39 is 0 Å². The van der Waals surface area contributed by atoms with Crippen molar-refractivity contribution < 1.29 is 14.3 Å². The van der Waals surface area contributed by atoms with Crippen molar-refractivity contribution in [2.45, 2.75) is 52.4 Å². The Hall–Kier alpha value is -3.00. The standard InChI is InChI=1S/C25H32N4O3S/c1-16(2)14-29-24(19(5)32-21-11-8-10-20(13-21)31-6)27-28-25(29)33-15-23(30)26-22-12-7-9-17(3)18(22)4/h7-13,16,19H,14-15H2,1-6H3,(H,26,30). The SMILES string of the molecule is COc1cccc(OC(C)c2nnc(SCC(=O)Nc3cccc(C)c3C)n2CC(C)C)c1. The molecule has 2 aromatic carbocycles. The van der Waals surface area contributed by atoms with Crippen LogP contribution in [0.2, 0.25) is 0 Å². The van der Waals surface area contributed by atoms with Crippen molar-refractivity contribution in [2.75, 3.05) is 18.2 Å². The molecule has 0 radical (unpaired) electrons. The molecule has 0 aliphatic rings. The number of anilines is 1. The van der Waals surface area contributed by atoms with Crippen LogP contribution in [0.4, 0.5) is 5.69 Å². The average Bonchev–Trinajstić information content (AvgIpc) is 3.17. The number of thioether (sulfide) groups is 1. The molecule has 1 unspecified atom stereocenters. The zero-order valence-corrected chi connectivity index (χ0v) is 20.9. The molecule has 3 rings (SSSR count). The molecule has 0 bridgehead atoms. The van der Waals surface area contributed by atoms with Gasteiger partial charge in [0.2, 0.25) is 5.91 Å². The van der Waals surface area contributed by atoms with E-state index in [0.717, 1.165) is 34.9 Å². The van der Waals surface area contributed by atoms with E-state index in [1.165, 1.54) is 11.8 Å². The summed E-state index contributed by atoms with van der Waals surface area (Å²) in [6, 6.07) is 13.4.